The zero-order chi connectivity index (χ0) is 30.3. The Hall–Kier alpha value is -2.46. The first-order valence-electron chi connectivity index (χ1n) is 16.0. The van der Waals surface area contributed by atoms with Crippen molar-refractivity contribution in [3.63, 3.8) is 0 Å². The highest BCUT2D eigenvalue weighted by Crippen LogP contribution is 2.58. The van der Waals surface area contributed by atoms with Gasteiger partial charge >= 0.3 is 0 Å². The van der Waals surface area contributed by atoms with Crippen LogP contribution in [0.5, 0.6) is 5.75 Å². The van der Waals surface area contributed by atoms with E-state index in [0.29, 0.717) is 43.2 Å². The monoisotopic (exact) mass is 591 g/mol. The van der Waals surface area contributed by atoms with Crippen molar-refractivity contribution >= 4 is 5.69 Å². The van der Waals surface area contributed by atoms with E-state index in [9.17, 15) is 10.2 Å². The van der Waals surface area contributed by atoms with E-state index < -0.39 is 12.2 Å². The number of rotatable bonds is 11. The summed E-state index contributed by atoms with van der Waals surface area (Å²) in [5, 5.41) is 30.0. The number of allylic oxidation sites excluding steroid dienone is 1. The second-order valence-corrected chi connectivity index (χ2v) is 13.5. The highest BCUT2D eigenvalue weighted by molar-refractivity contribution is 5.84. The van der Waals surface area contributed by atoms with E-state index in [2.05, 4.69) is 73.9 Å². The number of para-hydroxylation sites is 2. The van der Waals surface area contributed by atoms with Crippen LogP contribution in [-0.4, -0.2) is 73.2 Å². The molecule has 2 fully saturated rings. The second-order valence-electron chi connectivity index (χ2n) is 13.5. The largest absolute Gasteiger partial charge is 0.496 e. The fourth-order valence-electron chi connectivity index (χ4n) is 8.15. The fraction of sp³-hybridized carbons (Fsp3) is 0.600. The average molecular weight is 592 g/mol. The summed E-state index contributed by atoms with van der Waals surface area (Å²) in [6.07, 6.45) is 4.63. The molecular formula is C35H49N3O5. The van der Waals surface area contributed by atoms with Gasteiger partial charge < -0.3 is 25.0 Å². The molecule has 0 spiro atoms. The van der Waals surface area contributed by atoms with Gasteiger partial charge in [0.1, 0.15) is 11.9 Å². The third-order valence-corrected chi connectivity index (χ3v) is 10.7. The Bertz CT molecular complexity index is 1330. The molecule has 3 aliphatic carbocycles. The number of benzene rings is 2. The van der Waals surface area contributed by atoms with Crippen molar-refractivity contribution in [1.82, 2.24) is 10.4 Å². The fourth-order valence-corrected chi connectivity index (χ4v) is 8.15. The molecule has 2 heterocycles. The van der Waals surface area contributed by atoms with Crippen LogP contribution >= 0.6 is 0 Å². The number of nitrogens with zero attached hydrogens (tertiary/aromatic N) is 1. The molecule has 7 rings (SSSR count). The average Bonchev–Trinajstić information content (AvgIpc) is 3.36. The lowest BCUT2D eigenvalue weighted by Crippen LogP contribution is -2.53. The van der Waals surface area contributed by atoms with Gasteiger partial charge in [0.15, 0.2) is 0 Å². The Kier molecular flexibility index (Phi) is 8.89. The zero-order valence-electron chi connectivity index (χ0n) is 26.3. The molecule has 0 amide bonds. The maximum Gasteiger partial charge on any atom is 0.131 e. The van der Waals surface area contributed by atoms with Crippen LogP contribution in [-0.2, 0) is 22.5 Å². The quantitative estimate of drug-likeness (QED) is 0.169. The smallest absolute Gasteiger partial charge is 0.131 e. The van der Waals surface area contributed by atoms with Gasteiger partial charge in [-0.05, 0) is 49.0 Å². The molecule has 1 saturated carbocycles. The van der Waals surface area contributed by atoms with Gasteiger partial charge in [-0.3, -0.25) is 10.2 Å². The lowest BCUT2D eigenvalue weighted by Gasteiger charge is -2.56. The lowest BCUT2D eigenvalue weighted by molar-refractivity contribution is -0.184. The molecule has 2 bridgehead atoms. The van der Waals surface area contributed by atoms with Crippen LogP contribution in [0.15, 0.2) is 48.0 Å². The summed E-state index contributed by atoms with van der Waals surface area (Å²) in [4.78, 5) is 6.29. The lowest BCUT2D eigenvalue weighted by atomic mass is 9.50. The molecule has 8 nitrogen and oxygen atoms in total. The van der Waals surface area contributed by atoms with E-state index in [1.54, 1.807) is 19.6 Å². The van der Waals surface area contributed by atoms with Gasteiger partial charge in [-0.15, -0.1) is 0 Å². The van der Waals surface area contributed by atoms with E-state index in [4.69, 9.17) is 14.3 Å². The number of aryl methyl sites for hydroxylation is 1. The number of anilines is 1. The van der Waals surface area contributed by atoms with Crippen LogP contribution < -0.4 is 15.4 Å². The van der Waals surface area contributed by atoms with Crippen molar-refractivity contribution in [1.29, 1.82) is 0 Å². The minimum atomic E-state index is -0.670. The van der Waals surface area contributed by atoms with Crippen LogP contribution in [0.1, 0.15) is 51.7 Å². The van der Waals surface area contributed by atoms with Gasteiger partial charge in [0.2, 0.25) is 0 Å². The van der Waals surface area contributed by atoms with Crippen molar-refractivity contribution in [2.75, 3.05) is 38.9 Å². The van der Waals surface area contributed by atoms with Crippen LogP contribution in [0, 0.1) is 23.2 Å². The SMILES string of the molecule is COc1c(CN2O[C@@H](CO)[C@H]([C@H](C)O)[C@H]2COCN[C@H]2C=C3C[C@@H]([C@@H]2C)C3(C)C)cccc1-c1cccc2c1NCCC2. The summed E-state index contributed by atoms with van der Waals surface area (Å²) < 4.78 is 12.3. The Morgan fingerprint density at radius 2 is 1.98 bits per heavy atom. The molecule has 0 unspecified atom stereocenters. The summed E-state index contributed by atoms with van der Waals surface area (Å²) in [7, 11) is 1.71. The standard InChI is InChI=1S/C35H49N3O5/c1-21-28-15-25(35(28,3)4)16-29(21)37-20-42-19-30-32(22(2)40)31(18-39)43-38(30)17-24-10-7-13-27(34(24)41-5)26-12-6-9-23-11-8-14-36-33(23)26/h6-7,9-10,12-13,16,21-22,28-32,36-37,39-40H,8,11,14-15,17-20H2,1-5H3/t21-,22-,28-,29-,30+,31-,32+/m0/s1. The van der Waals surface area contributed by atoms with Crippen molar-refractivity contribution in [3.05, 3.63) is 59.2 Å². The van der Waals surface area contributed by atoms with Crippen molar-refractivity contribution in [2.24, 2.45) is 23.2 Å². The number of fused-ring (bicyclic) bond motifs is 3. The molecular weight excluding hydrogens is 542 g/mol. The summed E-state index contributed by atoms with van der Waals surface area (Å²) >= 11 is 0. The molecule has 234 valence electrons. The number of hydroxylamine groups is 2. The summed E-state index contributed by atoms with van der Waals surface area (Å²) in [6, 6.07) is 12.7. The van der Waals surface area contributed by atoms with Crippen molar-refractivity contribution < 1.29 is 24.5 Å². The molecule has 0 radical (unpaired) electrons. The van der Waals surface area contributed by atoms with Crippen LogP contribution in [0.2, 0.25) is 0 Å². The van der Waals surface area contributed by atoms with Gasteiger partial charge in [-0.1, -0.05) is 68.8 Å². The van der Waals surface area contributed by atoms with E-state index in [1.165, 1.54) is 17.7 Å². The number of hydrogen-bond acceptors (Lipinski definition) is 8. The van der Waals surface area contributed by atoms with Crippen LogP contribution in [0.4, 0.5) is 5.69 Å². The minimum Gasteiger partial charge on any atom is -0.496 e. The summed E-state index contributed by atoms with van der Waals surface area (Å²) in [5.74, 6) is 1.76. The maximum atomic E-state index is 10.8. The van der Waals surface area contributed by atoms with E-state index in [1.807, 2.05) is 5.06 Å². The third-order valence-electron chi connectivity index (χ3n) is 10.7. The Morgan fingerprint density at radius 1 is 1.19 bits per heavy atom. The van der Waals surface area contributed by atoms with Gasteiger partial charge in [0.05, 0.1) is 45.7 Å². The number of nitrogens with one attached hydrogen (secondary N) is 2. The number of aliphatic hydroxyl groups is 2. The normalized spacial score (nSPS) is 30.2. The number of ether oxygens (including phenoxy) is 2. The molecule has 1 saturated heterocycles. The molecule has 8 heteroatoms. The highest BCUT2D eigenvalue weighted by atomic mass is 16.7. The van der Waals surface area contributed by atoms with Crippen molar-refractivity contribution in [2.45, 2.75) is 77.8 Å². The third kappa shape index (κ3) is 5.62. The molecule has 2 aliphatic heterocycles. The van der Waals surface area contributed by atoms with E-state index in [-0.39, 0.29) is 18.6 Å². The molecule has 0 aromatic heterocycles. The first-order chi connectivity index (χ1) is 20.7. The van der Waals surface area contributed by atoms with Crippen molar-refractivity contribution in [3.8, 4) is 16.9 Å². The topological polar surface area (TPSA) is 95.5 Å². The maximum absolute atomic E-state index is 10.8. The minimum absolute atomic E-state index is 0.176. The van der Waals surface area contributed by atoms with E-state index >= 15 is 0 Å². The van der Waals surface area contributed by atoms with Gasteiger partial charge in [0, 0.05) is 40.9 Å². The molecule has 43 heavy (non-hydrogen) atoms. The predicted octanol–water partition coefficient (Wildman–Crippen LogP) is 4.75. The van der Waals surface area contributed by atoms with Gasteiger partial charge in [-0.25, -0.2) is 0 Å². The summed E-state index contributed by atoms with van der Waals surface area (Å²) in [6.45, 7) is 10.8. The Balaban J connectivity index is 1.19. The number of methoxy groups -OCH3 is 1. The zero-order valence-corrected chi connectivity index (χ0v) is 26.3. The molecule has 2 aromatic carbocycles. The second kappa shape index (κ2) is 12.5. The first kappa shape index (κ1) is 30.6. The predicted molar refractivity (Wildman–Crippen MR) is 169 cm³/mol. The first-order valence-corrected chi connectivity index (χ1v) is 16.0. The highest BCUT2D eigenvalue weighted by Gasteiger charge is 2.51. The molecule has 7 atom stereocenters. The van der Waals surface area contributed by atoms with Gasteiger partial charge in [0.25, 0.3) is 0 Å². The summed E-state index contributed by atoms with van der Waals surface area (Å²) in [5.41, 5.74) is 7.51. The molecule has 4 N–H and O–H groups in total. The molecule has 5 aliphatic rings. The van der Waals surface area contributed by atoms with E-state index in [0.717, 1.165) is 41.8 Å². The van der Waals surface area contributed by atoms with Crippen LogP contribution in [0.3, 0.4) is 0 Å². The number of aliphatic hydroxyl groups excluding tert-OH is 2. The Labute approximate surface area is 256 Å². The Morgan fingerprint density at radius 3 is 2.70 bits per heavy atom. The number of hydrogen-bond donors (Lipinski definition) is 4. The van der Waals surface area contributed by atoms with Gasteiger partial charge in [-0.2, -0.15) is 5.06 Å². The molecule has 2 aromatic rings. The van der Waals surface area contributed by atoms with Crippen LogP contribution in [0.25, 0.3) is 11.1 Å².